The maximum absolute atomic E-state index is 16.4. The van der Waals surface area contributed by atoms with Crippen LogP contribution in [0.1, 0.15) is 63.8 Å². The zero-order valence-electron chi connectivity index (χ0n) is 30.7. The van der Waals surface area contributed by atoms with E-state index in [1.54, 1.807) is 27.3 Å². The van der Waals surface area contributed by atoms with Crippen LogP contribution in [0.3, 0.4) is 0 Å². The average molecular weight is 733 g/mol. The Balaban J connectivity index is 1.61. The maximum Gasteiger partial charge on any atom is 0.420 e. The molecule has 0 aliphatic heterocycles. The first-order valence-electron chi connectivity index (χ1n) is 17.8. The van der Waals surface area contributed by atoms with Crippen molar-refractivity contribution in [2.75, 3.05) is 0 Å². The van der Waals surface area contributed by atoms with Gasteiger partial charge in [0.1, 0.15) is 5.56 Å². The Morgan fingerprint density at radius 2 is 0.907 bits per heavy atom. The second kappa shape index (κ2) is 12.0. The summed E-state index contributed by atoms with van der Waals surface area (Å²) >= 11 is 0. The van der Waals surface area contributed by atoms with Gasteiger partial charge in [0.05, 0.1) is 39.0 Å². The number of benzene rings is 6. The van der Waals surface area contributed by atoms with E-state index in [1.807, 2.05) is 87.5 Å². The minimum atomic E-state index is -4.96. The van der Waals surface area contributed by atoms with E-state index in [4.69, 9.17) is 0 Å². The fraction of sp³-hybridized carbons (Fsp3) is 0.217. The van der Waals surface area contributed by atoms with Gasteiger partial charge in [-0.15, -0.1) is 0 Å². The van der Waals surface area contributed by atoms with Crippen LogP contribution >= 0.6 is 0 Å². The molecule has 0 atom stereocenters. The molecule has 54 heavy (non-hydrogen) atoms. The summed E-state index contributed by atoms with van der Waals surface area (Å²) in [5, 5.41) is 3.05. The van der Waals surface area contributed by atoms with Crippen molar-refractivity contribution >= 4 is 43.6 Å². The monoisotopic (exact) mass is 732 g/mol. The molecule has 8 aromatic rings. The smallest absolute Gasteiger partial charge is 0.309 e. The number of alkyl halides is 6. The number of aromatic nitrogens is 2. The van der Waals surface area contributed by atoms with Crippen LogP contribution in [0.4, 0.5) is 26.3 Å². The van der Waals surface area contributed by atoms with E-state index in [-0.39, 0.29) is 33.3 Å². The van der Waals surface area contributed by atoms with Gasteiger partial charge in [-0.1, -0.05) is 120 Å². The topological polar surface area (TPSA) is 9.86 Å². The van der Waals surface area contributed by atoms with Gasteiger partial charge in [-0.05, 0) is 70.0 Å². The lowest BCUT2D eigenvalue weighted by molar-refractivity contribution is -0.138. The fourth-order valence-corrected chi connectivity index (χ4v) is 7.75. The van der Waals surface area contributed by atoms with E-state index in [9.17, 15) is 13.2 Å². The van der Waals surface area contributed by atoms with Crippen molar-refractivity contribution in [2.24, 2.45) is 0 Å². The van der Waals surface area contributed by atoms with Gasteiger partial charge < -0.3 is 9.13 Å². The van der Waals surface area contributed by atoms with Crippen molar-refractivity contribution in [1.82, 2.24) is 9.13 Å². The Hall–Kier alpha value is -5.50. The number of para-hydroxylation sites is 2. The third-order valence-electron chi connectivity index (χ3n) is 10.5. The summed E-state index contributed by atoms with van der Waals surface area (Å²) in [4.78, 5) is 0. The Bertz CT molecular complexity index is 2760. The third-order valence-corrected chi connectivity index (χ3v) is 10.5. The molecular weight excluding hydrogens is 695 g/mol. The zero-order chi connectivity index (χ0) is 38.5. The van der Waals surface area contributed by atoms with Crippen molar-refractivity contribution < 1.29 is 26.3 Å². The van der Waals surface area contributed by atoms with Gasteiger partial charge in [-0.3, -0.25) is 0 Å². The van der Waals surface area contributed by atoms with Gasteiger partial charge in [0.2, 0.25) is 0 Å². The van der Waals surface area contributed by atoms with E-state index in [0.717, 1.165) is 44.8 Å². The van der Waals surface area contributed by atoms with Gasteiger partial charge in [0.25, 0.3) is 0 Å². The highest BCUT2D eigenvalue weighted by atomic mass is 19.4. The zero-order valence-corrected chi connectivity index (χ0v) is 30.7. The van der Waals surface area contributed by atoms with Gasteiger partial charge in [-0.25, -0.2) is 0 Å². The van der Waals surface area contributed by atoms with Crippen molar-refractivity contribution in [3.8, 4) is 22.5 Å². The molecule has 2 heterocycles. The molecule has 2 aromatic heterocycles. The first-order valence-corrected chi connectivity index (χ1v) is 17.8. The van der Waals surface area contributed by atoms with Gasteiger partial charge >= 0.3 is 12.4 Å². The number of hydrogen-bond acceptors (Lipinski definition) is 0. The van der Waals surface area contributed by atoms with Crippen molar-refractivity contribution in [1.29, 1.82) is 0 Å². The van der Waals surface area contributed by atoms with E-state index < -0.39 is 23.5 Å². The number of fused-ring (bicyclic) bond motifs is 6. The minimum Gasteiger partial charge on any atom is -0.309 e. The lowest BCUT2D eigenvalue weighted by Gasteiger charge is -2.25. The van der Waals surface area contributed by atoms with Crippen molar-refractivity contribution in [3.63, 3.8) is 0 Å². The molecule has 8 rings (SSSR count). The van der Waals surface area contributed by atoms with Crippen LogP contribution in [0.25, 0.3) is 66.1 Å². The number of hydrogen-bond donors (Lipinski definition) is 0. The van der Waals surface area contributed by atoms with Crippen LogP contribution in [0.15, 0.2) is 121 Å². The second-order valence-corrected chi connectivity index (χ2v) is 16.1. The summed E-state index contributed by atoms with van der Waals surface area (Å²) in [5.41, 5.74) is 1.21. The van der Waals surface area contributed by atoms with E-state index >= 15 is 13.2 Å². The number of nitrogens with zero attached hydrogens (tertiary/aromatic N) is 2. The molecule has 0 bridgehead atoms. The molecule has 0 spiro atoms. The SMILES string of the molecule is CC(C)(C)c1ccc2c3ccccc3n(-c3ccc(-c4cccc(C(F)(F)F)c4)c(-n4c5ccccc5c5ccc(C(C)(C)C)cc54)c3C(F)(F)F)c2c1. The molecule has 0 N–H and O–H groups in total. The van der Waals surface area contributed by atoms with Crippen LogP contribution in [0.2, 0.25) is 0 Å². The molecular formula is C46H38F6N2. The largest absolute Gasteiger partial charge is 0.420 e. The Kier molecular flexibility index (Phi) is 7.90. The first kappa shape index (κ1) is 35.5. The van der Waals surface area contributed by atoms with Crippen molar-refractivity contribution in [3.05, 3.63) is 144 Å². The van der Waals surface area contributed by atoms with E-state index in [2.05, 4.69) is 20.8 Å². The molecule has 0 aliphatic carbocycles. The highest BCUT2D eigenvalue weighted by Gasteiger charge is 2.41. The molecule has 2 nitrogen and oxygen atoms in total. The standard InChI is InChI=1S/C46H38F6N2/c1-43(2,3)28-18-20-34-32-14-7-9-16-36(32)53(39(34)25-28)38-23-22-31(27-12-11-13-30(24-27)45(47,48)49)42(41(38)46(50,51)52)54-37-17-10-8-15-33(37)35-21-19-29(26-40(35)54)44(4,5)6/h7-26H,1-6H3. The highest BCUT2D eigenvalue weighted by Crippen LogP contribution is 2.48. The lowest BCUT2D eigenvalue weighted by Crippen LogP contribution is -2.17. The predicted octanol–water partition coefficient (Wildman–Crippen LogP) is 14.2. The summed E-state index contributed by atoms with van der Waals surface area (Å²) < 4.78 is 95.0. The molecule has 0 radical (unpaired) electrons. The Morgan fingerprint density at radius 3 is 1.43 bits per heavy atom. The molecule has 0 unspecified atom stereocenters. The fourth-order valence-electron chi connectivity index (χ4n) is 7.75. The molecule has 0 saturated heterocycles. The Morgan fingerprint density at radius 1 is 0.407 bits per heavy atom. The van der Waals surface area contributed by atoms with Crippen LogP contribution < -0.4 is 0 Å². The first-order chi connectivity index (χ1) is 25.3. The molecule has 0 aliphatic rings. The minimum absolute atomic E-state index is 0.0204. The summed E-state index contributed by atoms with van der Waals surface area (Å²) in [6.07, 6.45) is -9.66. The van der Waals surface area contributed by atoms with Crippen molar-refractivity contribution in [2.45, 2.75) is 64.7 Å². The summed E-state index contributed by atoms with van der Waals surface area (Å²) in [6.45, 7) is 12.3. The summed E-state index contributed by atoms with van der Waals surface area (Å²) in [7, 11) is 0. The quantitative estimate of drug-likeness (QED) is 0.160. The van der Waals surface area contributed by atoms with Crippen LogP contribution in [-0.2, 0) is 23.2 Å². The maximum atomic E-state index is 16.4. The van der Waals surface area contributed by atoms with Crippen LogP contribution in [-0.4, -0.2) is 9.13 Å². The average Bonchev–Trinajstić information content (AvgIpc) is 3.61. The molecule has 274 valence electrons. The lowest BCUT2D eigenvalue weighted by atomic mass is 9.86. The summed E-state index contributed by atoms with van der Waals surface area (Å²) in [6, 6.07) is 33.9. The van der Waals surface area contributed by atoms with E-state index in [0.29, 0.717) is 22.1 Å². The van der Waals surface area contributed by atoms with E-state index in [1.165, 1.54) is 24.3 Å². The molecule has 0 saturated carbocycles. The molecule has 8 heteroatoms. The van der Waals surface area contributed by atoms with Gasteiger partial charge in [0.15, 0.2) is 0 Å². The molecule has 0 fully saturated rings. The summed E-state index contributed by atoms with van der Waals surface area (Å²) in [5.74, 6) is 0. The predicted molar refractivity (Wildman–Crippen MR) is 208 cm³/mol. The second-order valence-electron chi connectivity index (χ2n) is 16.1. The number of halogens is 6. The van der Waals surface area contributed by atoms with Crippen LogP contribution in [0, 0.1) is 0 Å². The number of rotatable bonds is 3. The molecule has 6 aromatic carbocycles. The van der Waals surface area contributed by atoms with Gasteiger partial charge in [0, 0.05) is 27.1 Å². The normalized spacial score (nSPS) is 13.2. The van der Waals surface area contributed by atoms with Crippen LogP contribution in [0.5, 0.6) is 0 Å². The Labute approximate surface area is 309 Å². The highest BCUT2D eigenvalue weighted by molar-refractivity contribution is 6.11. The van der Waals surface area contributed by atoms with Gasteiger partial charge in [-0.2, -0.15) is 26.3 Å². The molecule has 0 amide bonds. The third kappa shape index (κ3) is 5.74.